The van der Waals surface area contributed by atoms with Gasteiger partial charge < -0.3 is 10.2 Å². The van der Waals surface area contributed by atoms with E-state index in [9.17, 15) is 8.42 Å². The van der Waals surface area contributed by atoms with Crippen molar-refractivity contribution in [1.82, 2.24) is 9.44 Å². The van der Waals surface area contributed by atoms with Crippen molar-refractivity contribution < 1.29 is 18.6 Å². The second-order valence-corrected chi connectivity index (χ2v) is 5.20. The average Bonchev–Trinajstić information content (AvgIpc) is 2.01. The first kappa shape index (κ1) is 13.8. The Bertz CT molecular complexity index is 259. The molecular formula is C7H18N2O4S. The molecule has 0 aliphatic heterocycles. The molecule has 14 heavy (non-hydrogen) atoms. The van der Waals surface area contributed by atoms with Crippen LogP contribution in [0.15, 0.2) is 0 Å². The molecule has 0 spiro atoms. The molecule has 0 amide bonds. The summed E-state index contributed by atoms with van der Waals surface area (Å²) in [6.07, 6.45) is 0. The van der Waals surface area contributed by atoms with Gasteiger partial charge in [0.1, 0.15) is 0 Å². The first-order valence-electron chi connectivity index (χ1n) is 4.27. The van der Waals surface area contributed by atoms with Crippen molar-refractivity contribution in [2.45, 2.75) is 32.4 Å². The zero-order valence-electron chi connectivity index (χ0n) is 8.61. The maximum Gasteiger partial charge on any atom is 0.277 e. The molecule has 4 N–H and O–H groups in total. The fourth-order valence-electron chi connectivity index (χ4n) is 0.779. The van der Waals surface area contributed by atoms with E-state index in [1.54, 1.807) is 13.8 Å². The van der Waals surface area contributed by atoms with Gasteiger partial charge in [0.2, 0.25) is 0 Å². The summed E-state index contributed by atoms with van der Waals surface area (Å²) in [4.78, 5) is 0. The van der Waals surface area contributed by atoms with E-state index >= 15 is 0 Å². The molecule has 0 heterocycles. The Hall–Kier alpha value is -0.210. The molecule has 0 saturated carbocycles. The van der Waals surface area contributed by atoms with Crippen molar-refractivity contribution in [1.29, 1.82) is 0 Å². The summed E-state index contributed by atoms with van der Waals surface area (Å²) in [6.45, 7) is 3.82. The van der Waals surface area contributed by atoms with Gasteiger partial charge in [-0.25, -0.2) is 0 Å². The highest BCUT2D eigenvalue weighted by Crippen LogP contribution is 2.02. The van der Waals surface area contributed by atoms with Crippen molar-refractivity contribution in [3.05, 3.63) is 0 Å². The van der Waals surface area contributed by atoms with Gasteiger partial charge in [0.05, 0.1) is 18.8 Å². The fraction of sp³-hybridized carbons (Fsp3) is 1.00. The zero-order valence-corrected chi connectivity index (χ0v) is 9.43. The second-order valence-electron chi connectivity index (χ2n) is 3.75. The number of rotatable bonds is 6. The number of aliphatic hydroxyl groups excluding tert-OH is 2. The van der Waals surface area contributed by atoms with Crippen molar-refractivity contribution >= 4 is 10.2 Å². The summed E-state index contributed by atoms with van der Waals surface area (Å²) < 4.78 is 27.1. The highest BCUT2D eigenvalue weighted by Gasteiger charge is 2.28. The maximum atomic E-state index is 11.3. The first-order chi connectivity index (χ1) is 6.24. The lowest BCUT2D eigenvalue weighted by Gasteiger charge is -2.26. The molecule has 0 atom stereocenters. The summed E-state index contributed by atoms with van der Waals surface area (Å²) in [6, 6.07) is -0.242. The first-order valence-corrected chi connectivity index (χ1v) is 5.76. The average molecular weight is 226 g/mol. The van der Waals surface area contributed by atoms with Gasteiger partial charge in [0.25, 0.3) is 10.2 Å². The molecule has 0 radical (unpaired) electrons. The smallest absolute Gasteiger partial charge is 0.277 e. The highest BCUT2D eigenvalue weighted by molar-refractivity contribution is 7.87. The monoisotopic (exact) mass is 226 g/mol. The SMILES string of the molecule is CC(C)NS(=O)(=O)NC(C)(CO)CO. The molecule has 7 heteroatoms. The van der Waals surface area contributed by atoms with Crippen molar-refractivity contribution in [2.24, 2.45) is 0 Å². The van der Waals surface area contributed by atoms with Crippen molar-refractivity contribution in [3.63, 3.8) is 0 Å². The molecule has 0 aliphatic carbocycles. The summed E-state index contributed by atoms with van der Waals surface area (Å²) >= 11 is 0. The van der Waals surface area contributed by atoms with E-state index in [0.29, 0.717) is 0 Å². The third kappa shape index (κ3) is 4.87. The van der Waals surface area contributed by atoms with Crippen LogP contribution in [0, 0.1) is 0 Å². The lowest BCUT2D eigenvalue weighted by molar-refractivity contribution is 0.121. The van der Waals surface area contributed by atoms with Crippen LogP contribution >= 0.6 is 0 Å². The van der Waals surface area contributed by atoms with Gasteiger partial charge in [-0.1, -0.05) is 0 Å². The number of aliphatic hydroxyl groups is 2. The Morgan fingerprint density at radius 1 is 1.29 bits per heavy atom. The maximum absolute atomic E-state index is 11.3. The molecule has 0 fully saturated rings. The van der Waals surface area contributed by atoms with Crippen LogP contribution in [-0.4, -0.2) is 43.4 Å². The minimum atomic E-state index is -3.68. The molecule has 0 saturated heterocycles. The summed E-state index contributed by atoms with van der Waals surface area (Å²) in [5.41, 5.74) is -1.24. The van der Waals surface area contributed by atoms with Crippen LogP contribution in [0.5, 0.6) is 0 Å². The van der Waals surface area contributed by atoms with Gasteiger partial charge >= 0.3 is 0 Å². The number of hydrogen-bond donors (Lipinski definition) is 4. The number of hydrogen-bond acceptors (Lipinski definition) is 4. The van der Waals surface area contributed by atoms with E-state index in [2.05, 4.69) is 9.44 Å². The van der Waals surface area contributed by atoms with Crippen molar-refractivity contribution in [2.75, 3.05) is 13.2 Å². The fourth-order valence-corrected chi connectivity index (χ4v) is 2.24. The molecule has 0 aromatic heterocycles. The Kier molecular flexibility index (Phi) is 4.96. The van der Waals surface area contributed by atoms with E-state index in [0.717, 1.165) is 0 Å². The summed E-state index contributed by atoms with van der Waals surface area (Å²) in [7, 11) is -3.68. The van der Waals surface area contributed by atoms with E-state index in [1.807, 2.05) is 0 Å². The van der Waals surface area contributed by atoms with E-state index in [-0.39, 0.29) is 6.04 Å². The molecule has 0 bridgehead atoms. The van der Waals surface area contributed by atoms with Gasteiger partial charge in [-0.2, -0.15) is 17.9 Å². The molecular weight excluding hydrogens is 208 g/mol. The van der Waals surface area contributed by atoms with Gasteiger partial charge in [-0.3, -0.25) is 0 Å². The quantitative estimate of drug-likeness (QED) is 0.446. The third-order valence-electron chi connectivity index (χ3n) is 1.47. The molecule has 0 rings (SSSR count). The lowest BCUT2D eigenvalue weighted by atomic mass is 10.1. The van der Waals surface area contributed by atoms with Crippen LogP contribution in [0.3, 0.4) is 0 Å². The Labute approximate surface area is 84.5 Å². The topological polar surface area (TPSA) is 98.7 Å². The normalized spacial score (nSPS) is 13.6. The van der Waals surface area contributed by atoms with Crippen LogP contribution in [0.25, 0.3) is 0 Å². The molecule has 86 valence electrons. The number of nitrogens with one attached hydrogen (secondary N) is 2. The van der Waals surface area contributed by atoms with Crippen LogP contribution in [0.4, 0.5) is 0 Å². The van der Waals surface area contributed by atoms with Gasteiger partial charge in [-0.05, 0) is 20.8 Å². The predicted octanol–water partition coefficient (Wildman–Crippen LogP) is -1.44. The molecule has 6 nitrogen and oxygen atoms in total. The second kappa shape index (κ2) is 5.04. The van der Waals surface area contributed by atoms with E-state index < -0.39 is 29.0 Å². The summed E-state index contributed by atoms with van der Waals surface area (Å²) in [5.74, 6) is 0. The predicted molar refractivity (Wildman–Crippen MR) is 52.9 cm³/mol. The molecule has 0 aromatic rings. The van der Waals surface area contributed by atoms with E-state index in [4.69, 9.17) is 10.2 Å². The molecule has 0 aromatic carbocycles. The van der Waals surface area contributed by atoms with Crippen molar-refractivity contribution in [3.8, 4) is 0 Å². The van der Waals surface area contributed by atoms with Gasteiger partial charge in [-0.15, -0.1) is 0 Å². The van der Waals surface area contributed by atoms with Crippen LogP contribution in [0.2, 0.25) is 0 Å². The van der Waals surface area contributed by atoms with Crippen LogP contribution in [0.1, 0.15) is 20.8 Å². The largest absolute Gasteiger partial charge is 0.394 e. The molecule has 0 aliphatic rings. The van der Waals surface area contributed by atoms with E-state index in [1.165, 1.54) is 6.92 Å². The standard InChI is InChI=1S/C7H18N2O4S/c1-6(2)8-14(12,13)9-7(3,4-10)5-11/h6,8-11H,4-5H2,1-3H3. The third-order valence-corrected chi connectivity index (χ3v) is 3.01. The Morgan fingerprint density at radius 3 is 2.00 bits per heavy atom. The highest BCUT2D eigenvalue weighted by atomic mass is 32.2. The van der Waals surface area contributed by atoms with Crippen LogP contribution < -0.4 is 9.44 Å². The Balaban J connectivity index is 4.49. The zero-order chi connectivity index (χ0) is 11.4. The minimum absolute atomic E-state index is 0.242. The minimum Gasteiger partial charge on any atom is -0.394 e. The Morgan fingerprint density at radius 2 is 1.71 bits per heavy atom. The lowest BCUT2D eigenvalue weighted by Crippen LogP contribution is -2.55. The van der Waals surface area contributed by atoms with Gasteiger partial charge in [0.15, 0.2) is 0 Å². The van der Waals surface area contributed by atoms with Crippen LogP contribution in [-0.2, 0) is 10.2 Å². The molecule has 0 unspecified atom stereocenters. The van der Waals surface area contributed by atoms with Gasteiger partial charge in [0, 0.05) is 6.04 Å². The summed E-state index contributed by atoms with van der Waals surface area (Å²) in [5, 5.41) is 17.7.